The van der Waals surface area contributed by atoms with E-state index in [0.29, 0.717) is 24.0 Å². The number of nitrogens with zero attached hydrogens (tertiary/aromatic N) is 1. The van der Waals surface area contributed by atoms with Crippen LogP contribution in [0.1, 0.15) is 48.8 Å². The van der Waals surface area contributed by atoms with Gasteiger partial charge in [0.1, 0.15) is 5.75 Å². The largest absolute Gasteiger partial charge is 0.494 e. The van der Waals surface area contributed by atoms with Crippen LogP contribution in [0.15, 0.2) is 54.6 Å². The number of carbonyl (C=O) groups excluding carboxylic acids is 1. The van der Waals surface area contributed by atoms with Crippen LogP contribution in [0.3, 0.4) is 0 Å². The van der Waals surface area contributed by atoms with E-state index in [1.54, 1.807) is 24.3 Å². The minimum atomic E-state index is -4.77. The summed E-state index contributed by atoms with van der Waals surface area (Å²) in [6.45, 7) is 1.65. The fourth-order valence-electron chi connectivity index (χ4n) is 4.53. The molecule has 1 atom stereocenters. The molecule has 0 radical (unpaired) electrons. The minimum absolute atomic E-state index is 0.106. The molecule has 9 heteroatoms. The molecule has 4 rings (SSSR count). The highest BCUT2D eigenvalue weighted by atomic mass is 19.4. The van der Waals surface area contributed by atoms with Gasteiger partial charge in [-0.2, -0.15) is 26.3 Å². The summed E-state index contributed by atoms with van der Waals surface area (Å²) < 4.78 is 87.1. The Balaban J connectivity index is 1.67. The van der Waals surface area contributed by atoms with Crippen molar-refractivity contribution in [1.29, 1.82) is 0 Å². The smallest absolute Gasteiger partial charge is 0.416 e. The van der Waals surface area contributed by atoms with E-state index in [-0.39, 0.29) is 24.3 Å². The predicted molar refractivity (Wildman–Crippen MR) is 119 cm³/mol. The van der Waals surface area contributed by atoms with Crippen LogP contribution in [0.5, 0.6) is 5.75 Å². The van der Waals surface area contributed by atoms with Gasteiger partial charge in [-0.05, 0) is 55.0 Å². The monoisotopic (exact) mass is 497 g/mol. The third-order valence-electron chi connectivity index (χ3n) is 6.40. The summed E-state index contributed by atoms with van der Waals surface area (Å²) in [6, 6.07) is 11.6. The molecule has 0 saturated heterocycles. The maximum Gasteiger partial charge on any atom is 0.416 e. The van der Waals surface area contributed by atoms with E-state index in [9.17, 15) is 31.1 Å². The average molecular weight is 497 g/mol. The van der Waals surface area contributed by atoms with Gasteiger partial charge in [0.25, 0.3) is 0 Å². The van der Waals surface area contributed by atoms with Crippen LogP contribution in [-0.4, -0.2) is 35.8 Å². The Bertz CT molecular complexity index is 1080. The molecule has 1 saturated carbocycles. The number of alkyl halides is 6. The van der Waals surface area contributed by atoms with Gasteiger partial charge in [-0.15, -0.1) is 0 Å². The molecule has 1 unspecified atom stereocenters. The van der Waals surface area contributed by atoms with Gasteiger partial charge < -0.3 is 9.64 Å². The van der Waals surface area contributed by atoms with E-state index in [2.05, 4.69) is 0 Å². The van der Waals surface area contributed by atoms with Gasteiger partial charge in [-0.3, -0.25) is 4.79 Å². The summed E-state index contributed by atoms with van der Waals surface area (Å²) >= 11 is 0. The maximum atomic E-state index is 14.9. The van der Waals surface area contributed by atoms with E-state index < -0.39 is 42.7 Å². The topological polar surface area (TPSA) is 29.5 Å². The average Bonchev–Trinajstić information content (AvgIpc) is 3.60. The van der Waals surface area contributed by atoms with Gasteiger partial charge in [0, 0.05) is 25.0 Å². The lowest BCUT2D eigenvalue weighted by Gasteiger charge is -2.48. The van der Waals surface area contributed by atoms with Crippen molar-refractivity contribution in [2.75, 3.05) is 6.61 Å². The van der Waals surface area contributed by atoms with Crippen LogP contribution in [-0.2, 0) is 10.3 Å². The molecule has 2 aromatic rings. The first-order valence-corrected chi connectivity index (χ1v) is 11.4. The number of hydrogen-bond acceptors (Lipinski definition) is 2. The lowest BCUT2D eigenvalue weighted by Crippen LogP contribution is -2.60. The van der Waals surface area contributed by atoms with Crippen LogP contribution >= 0.6 is 0 Å². The van der Waals surface area contributed by atoms with E-state index >= 15 is 0 Å². The van der Waals surface area contributed by atoms with E-state index in [1.165, 1.54) is 30.3 Å². The van der Waals surface area contributed by atoms with Gasteiger partial charge in [0.05, 0.1) is 6.61 Å². The molecule has 1 fully saturated rings. The Morgan fingerprint density at radius 2 is 1.60 bits per heavy atom. The lowest BCUT2D eigenvalue weighted by molar-refractivity contribution is -0.237. The normalized spacial score (nSPS) is 21.2. The van der Waals surface area contributed by atoms with Crippen LogP contribution in [0.25, 0.3) is 5.57 Å². The van der Waals surface area contributed by atoms with Crippen molar-refractivity contribution in [3.63, 3.8) is 0 Å². The molecule has 0 bridgehead atoms. The van der Waals surface area contributed by atoms with Crippen LogP contribution in [0, 0.1) is 6.92 Å². The number of halogens is 6. The minimum Gasteiger partial charge on any atom is -0.494 e. The second-order valence-electron chi connectivity index (χ2n) is 9.10. The Morgan fingerprint density at radius 3 is 2.14 bits per heavy atom. The van der Waals surface area contributed by atoms with Crippen molar-refractivity contribution in [1.82, 2.24) is 4.90 Å². The molecule has 3 nitrogen and oxygen atoms in total. The summed E-state index contributed by atoms with van der Waals surface area (Å²) in [5.74, 6) is -0.512. The van der Waals surface area contributed by atoms with Crippen LogP contribution < -0.4 is 4.74 Å². The highest BCUT2D eigenvalue weighted by molar-refractivity contribution is 5.98. The standard InChI is InChI=1S/C26H25F6NO2/c1-17-3-5-18(6-4-17)19-15-23(34)33(21-9-10-21)24(16-19,26(30,31)32)20-7-11-22(12-8-20)35-14-2-13-25(27,28)29/h3-8,11-12,15,21H,2,9-10,13-14,16H2,1H3. The lowest BCUT2D eigenvalue weighted by atomic mass is 9.76. The van der Waals surface area contributed by atoms with Crippen molar-refractivity contribution >= 4 is 11.5 Å². The number of rotatable bonds is 7. The SMILES string of the molecule is Cc1ccc(C2=CC(=O)N(C3CC3)C(c3ccc(OCCCC(F)(F)F)cc3)(C(F)(F)F)C2)cc1. The fraction of sp³-hybridized carbons (Fsp3) is 0.423. The third-order valence-corrected chi connectivity index (χ3v) is 6.40. The van der Waals surface area contributed by atoms with Gasteiger partial charge in [-0.1, -0.05) is 42.0 Å². The van der Waals surface area contributed by atoms with E-state index in [0.717, 1.165) is 10.5 Å². The van der Waals surface area contributed by atoms with Crippen LogP contribution in [0.4, 0.5) is 26.3 Å². The number of benzene rings is 2. The number of aryl methyl sites for hydroxylation is 1. The highest BCUT2D eigenvalue weighted by Crippen LogP contribution is 2.55. The molecule has 0 spiro atoms. The Labute approximate surface area is 199 Å². The van der Waals surface area contributed by atoms with Crippen LogP contribution in [0.2, 0.25) is 0 Å². The van der Waals surface area contributed by atoms with Gasteiger partial charge in [0.15, 0.2) is 5.54 Å². The highest BCUT2D eigenvalue weighted by Gasteiger charge is 2.64. The van der Waals surface area contributed by atoms with Gasteiger partial charge >= 0.3 is 12.4 Å². The van der Waals surface area contributed by atoms with Gasteiger partial charge in [-0.25, -0.2) is 0 Å². The second kappa shape index (κ2) is 9.24. The van der Waals surface area contributed by atoms with Crippen molar-refractivity contribution in [2.24, 2.45) is 0 Å². The molecule has 188 valence electrons. The molecule has 1 aliphatic heterocycles. The zero-order chi connectivity index (χ0) is 25.4. The summed E-state index contributed by atoms with van der Waals surface area (Å²) in [5.41, 5.74) is -0.862. The quantitative estimate of drug-likeness (QED) is 0.306. The fourth-order valence-corrected chi connectivity index (χ4v) is 4.53. The van der Waals surface area contributed by atoms with Crippen molar-refractivity contribution in [3.8, 4) is 5.75 Å². The van der Waals surface area contributed by atoms with Crippen molar-refractivity contribution in [2.45, 2.75) is 63.0 Å². The molecule has 0 N–H and O–H groups in total. The third kappa shape index (κ3) is 5.33. The molecule has 1 amide bonds. The maximum absolute atomic E-state index is 14.9. The zero-order valence-electron chi connectivity index (χ0n) is 19.0. The molecule has 1 aliphatic carbocycles. The zero-order valence-corrected chi connectivity index (χ0v) is 19.0. The Morgan fingerprint density at radius 1 is 0.971 bits per heavy atom. The summed E-state index contributed by atoms with van der Waals surface area (Å²) in [5, 5.41) is 0. The number of carbonyl (C=O) groups is 1. The Kier molecular flexibility index (Phi) is 6.64. The Hall–Kier alpha value is -2.97. The second-order valence-corrected chi connectivity index (χ2v) is 9.10. The summed E-state index contributed by atoms with van der Waals surface area (Å²) in [7, 11) is 0. The van der Waals surface area contributed by atoms with Crippen molar-refractivity contribution in [3.05, 3.63) is 71.3 Å². The molecular weight excluding hydrogens is 472 g/mol. The summed E-state index contributed by atoms with van der Waals surface area (Å²) in [6.07, 6.45) is -8.48. The van der Waals surface area contributed by atoms with E-state index in [4.69, 9.17) is 4.74 Å². The number of hydrogen-bond donors (Lipinski definition) is 0. The number of ether oxygens (including phenoxy) is 1. The van der Waals surface area contributed by atoms with E-state index in [1.807, 2.05) is 6.92 Å². The van der Waals surface area contributed by atoms with Crippen molar-refractivity contribution < 1.29 is 35.9 Å². The molecule has 1 heterocycles. The first-order chi connectivity index (χ1) is 16.4. The predicted octanol–water partition coefficient (Wildman–Crippen LogP) is 6.95. The molecule has 0 aromatic heterocycles. The molecule has 35 heavy (non-hydrogen) atoms. The first-order valence-electron chi connectivity index (χ1n) is 11.4. The molecule has 2 aromatic carbocycles. The first kappa shape index (κ1) is 25.1. The summed E-state index contributed by atoms with van der Waals surface area (Å²) in [4.78, 5) is 14.1. The molecular formula is C26H25F6NO2. The molecule has 2 aliphatic rings. The van der Waals surface area contributed by atoms with Gasteiger partial charge in [0.2, 0.25) is 5.91 Å². The number of amides is 1.